The molecule has 0 aliphatic carbocycles. The Labute approximate surface area is 128 Å². The number of rotatable bonds is 1. The third kappa shape index (κ3) is 2.15. The lowest BCUT2D eigenvalue weighted by Crippen LogP contribution is -2.46. The van der Waals surface area contributed by atoms with Gasteiger partial charge >= 0.3 is 0 Å². The Morgan fingerprint density at radius 3 is 3.09 bits per heavy atom. The first kappa shape index (κ1) is 13.3. The molecule has 3 heterocycles. The van der Waals surface area contributed by atoms with E-state index in [-0.39, 0.29) is 17.9 Å². The molecule has 0 saturated heterocycles. The monoisotopic (exact) mass is 298 g/mol. The van der Waals surface area contributed by atoms with Gasteiger partial charge in [-0.1, -0.05) is 12.1 Å². The molecule has 1 aromatic heterocycles. The van der Waals surface area contributed by atoms with Crippen molar-refractivity contribution in [2.75, 3.05) is 11.4 Å². The molecule has 0 spiro atoms. The molecule has 2 aliphatic heterocycles. The molecule has 6 heteroatoms. The third-order valence-electron chi connectivity index (χ3n) is 4.37. The summed E-state index contributed by atoms with van der Waals surface area (Å²) < 4.78 is 7.81. The number of benzene rings is 1. The van der Waals surface area contributed by atoms with Crippen LogP contribution in [0.5, 0.6) is 5.75 Å². The van der Waals surface area contributed by atoms with E-state index in [0.717, 1.165) is 30.1 Å². The highest BCUT2D eigenvalue weighted by Crippen LogP contribution is 2.35. The molecule has 2 atom stereocenters. The van der Waals surface area contributed by atoms with Gasteiger partial charge in [-0.25, -0.2) is 0 Å². The summed E-state index contributed by atoms with van der Waals surface area (Å²) in [6, 6.07) is 7.75. The summed E-state index contributed by atoms with van der Waals surface area (Å²) in [5.74, 6) is 1.90. The number of ether oxygens (including phenoxy) is 1. The number of aryl methyl sites for hydroxylation is 1. The van der Waals surface area contributed by atoms with Crippen molar-refractivity contribution in [3.8, 4) is 5.75 Å². The van der Waals surface area contributed by atoms with Crippen molar-refractivity contribution in [1.29, 1.82) is 0 Å². The Balaban J connectivity index is 1.61. The minimum absolute atomic E-state index is 0.00733. The zero-order valence-electron chi connectivity index (χ0n) is 12.5. The minimum atomic E-state index is -0.0261. The number of nitrogens with zero attached hydrogens (tertiary/aromatic N) is 4. The number of carbonyl (C=O) groups excluding carboxylic acids is 1. The van der Waals surface area contributed by atoms with E-state index in [2.05, 4.69) is 10.2 Å². The maximum atomic E-state index is 13.0. The second-order valence-corrected chi connectivity index (χ2v) is 5.98. The molecule has 0 radical (unpaired) electrons. The fourth-order valence-corrected chi connectivity index (χ4v) is 3.28. The topological polar surface area (TPSA) is 60.2 Å². The van der Waals surface area contributed by atoms with Crippen LogP contribution in [-0.2, 0) is 17.8 Å². The van der Waals surface area contributed by atoms with E-state index in [0.29, 0.717) is 13.1 Å². The van der Waals surface area contributed by atoms with Gasteiger partial charge in [-0.05, 0) is 25.5 Å². The molecule has 0 N–H and O–H groups in total. The van der Waals surface area contributed by atoms with Gasteiger partial charge in [-0.15, -0.1) is 10.2 Å². The lowest BCUT2D eigenvalue weighted by atomic mass is 9.97. The predicted octanol–water partition coefficient (Wildman–Crippen LogP) is 1.65. The lowest BCUT2D eigenvalue weighted by Gasteiger charge is -2.36. The molecule has 1 amide bonds. The second-order valence-electron chi connectivity index (χ2n) is 5.98. The van der Waals surface area contributed by atoms with Crippen LogP contribution in [0.1, 0.15) is 19.2 Å². The van der Waals surface area contributed by atoms with Gasteiger partial charge < -0.3 is 14.2 Å². The molecule has 4 rings (SSSR count). The van der Waals surface area contributed by atoms with E-state index in [4.69, 9.17) is 4.74 Å². The number of fused-ring (bicyclic) bond motifs is 2. The Kier molecular flexibility index (Phi) is 3.10. The largest absolute Gasteiger partial charge is 0.487 e. The van der Waals surface area contributed by atoms with Crippen LogP contribution in [0.15, 0.2) is 30.6 Å². The lowest BCUT2D eigenvalue weighted by molar-refractivity contribution is -0.123. The van der Waals surface area contributed by atoms with Crippen molar-refractivity contribution in [3.63, 3.8) is 0 Å². The van der Waals surface area contributed by atoms with Crippen LogP contribution in [0.3, 0.4) is 0 Å². The standard InChI is InChI=1S/C16H18N4O2/c1-11-8-20(13-4-2-3-5-14(13)22-11)16(21)12-6-7-15-18-17-10-19(15)9-12/h2-5,10-12H,6-9H2,1H3. The Hall–Kier alpha value is -2.37. The summed E-state index contributed by atoms with van der Waals surface area (Å²) in [5.41, 5.74) is 0.875. The molecule has 2 aliphatic rings. The molecule has 6 nitrogen and oxygen atoms in total. The number of aromatic nitrogens is 3. The zero-order chi connectivity index (χ0) is 15.1. The Morgan fingerprint density at radius 2 is 2.18 bits per heavy atom. The third-order valence-corrected chi connectivity index (χ3v) is 4.37. The molecule has 2 unspecified atom stereocenters. The van der Waals surface area contributed by atoms with E-state index in [9.17, 15) is 4.79 Å². The molecule has 2 aromatic rings. The van der Waals surface area contributed by atoms with E-state index in [1.807, 2.05) is 40.7 Å². The van der Waals surface area contributed by atoms with E-state index >= 15 is 0 Å². The maximum Gasteiger partial charge on any atom is 0.232 e. The summed E-state index contributed by atoms with van der Waals surface area (Å²) in [6.45, 7) is 3.26. The summed E-state index contributed by atoms with van der Waals surface area (Å²) >= 11 is 0. The van der Waals surface area contributed by atoms with Gasteiger partial charge in [0, 0.05) is 13.0 Å². The maximum absolute atomic E-state index is 13.0. The molecule has 1 aromatic carbocycles. The van der Waals surface area contributed by atoms with Gasteiger partial charge in [0.2, 0.25) is 5.91 Å². The fraction of sp³-hybridized carbons (Fsp3) is 0.438. The minimum Gasteiger partial charge on any atom is -0.487 e. The predicted molar refractivity (Wildman–Crippen MR) is 80.7 cm³/mol. The highest BCUT2D eigenvalue weighted by Gasteiger charge is 2.33. The normalized spacial score (nSPS) is 23.4. The van der Waals surface area contributed by atoms with E-state index in [1.54, 1.807) is 6.33 Å². The van der Waals surface area contributed by atoms with Crippen LogP contribution in [0.4, 0.5) is 5.69 Å². The fourth-order valence-electron chi connectivity index (χ4n) is 3.28. The van der Waals surface area contributed by atoms with Crippen molar-refractivity contribution in [1.82, 2.24) is 14.8 Å². The molecule has 0 saturated carbocycles. The van der Waals surface area contributed by atoms with Crippen molar-refractivity contribution in [2.45, 2.75) is 32.4 Å². The average molecular weight is 298 g/mol. The van der Waals surface area contributed by atoms with E-state index < -0.39 is 0 Å². The van der Waals surface area contributed by atoms with Crippen molar-refractivity contribution >= 4 is 11.6 Å². The molecule has 114 valence electrons. The van der Waals surface area contributed by atoms with Crippen LogP contribution in [0.25, 0.3) is 0 Å². The van der Waals surface area contributed by atoms with Crippen LogP contribution in [-0.4, -0.2) is 33.3 Å². The van der Waals surface area contributed by atoms with E-state index in [1.165, 1.54) is 0 Å². The number of para-hydroxylation sites is 2. The zero-order valence-corrected chi connectivity index (χ0v) is 12.5. The molecule has 0 bridgehead atoms. The van der Waals surface area contributed by atoms with Gasteiger partial charge in [0.25, 0.3) is 0 Å². The van der Waals surface area contributed by atoms with Crippen molar-refractivity contribution in [2.24, 2.45) is 5.92 Å². The summed E-state index contributed by atoms with van der Waals surface area (Å²) in [6.07, 6.45) is 3.35. The Bertz CT molecular complexity index is 712. The quantitative estimate of drug-likeness (QED) is 0.803. The molecule has 0 fully saturated rings. The first-order chi connectivity index (χ1) is 10.7. The number of carbonyl (C=O) groups is 1. The van der Waals surface area contributed by atoms with Crippen molar-refractivity contribution in [3.05, 3.63) is 36.4 Å². The second kappa shape index (κ2) is 5.12. The summed E-state index contributed by atoms with van der Waals surface area (Å²) in [4.78, 5) is 14.9. The van der Waals surface area contributed by atoms with Crippen LogP contribution >= 0.6 is 0 Å². The van der Waals surface area contributed by atoms with Gasteiger partial charge in [0.1, 0.15) is 24.0 Å². The van der Waals surface area contributed by atoms with Gasteiger partial charge in [0.15, 0.2) is 0 Å². The molecular formula is C16H18N4O2. The Morgan fingerprint density at radius 1 is 1.32 bits per heavy atom. The number of hydrogen-bond acceptors (Lipinski definition) is 4. The summed E-state index contributed by atoms with van der Waals surface area (Å²) in [7, 11) is 0. The van der Waals surface area contributed by atoms with Gasteiger partial charge in [0.05, 0.1) is 18.2 Å². The number of anilines is 1. The highest BCUT2D eigenvalue weighted by molar-refractivity contribution is 5.97. The SMILES string of the molecule is CC1CN(C(=O)C2CCc3nncn3C2)c2ccccc2O1. The molecule has 22 heavy (non-hydrogen) atoms. The van der Waals surface area contributed by atoms with Crippen LogP contribution < -0.4 is 9.64 Å². The van der Waals surface area contributed by atoms with Gasteiger partial charge in [-0.3, -0.25) is 4.79 Å². The number of amides is 1. The van der Waals surface area contributed by atoms with Crippen molar-refractivity contribution < 1.29 is 9.53 Å². The first-order valence-corrected chi connectivity index (χ1v) is 7.66. The van der Waals surface area contributed by atoms with Gasteiger partial charge in [-0.2, -0.15) is 0 Å². The molecular weight excluding hydrogens is 280 g/mol. The number of hydrogen-bond donors (Lipinski definition) is 0. The first-order valence-electron chi connectivity index (χ1n) is 7.66. The van der Waals surface area contributed by atoms with Crippen LogP contribution in [0.2, 0.25) is 0 Å². The van der Waals surface area contributed by atoms with Crippen LogP contribution in [0, 0.1) is 5.92 Å². The summed E-state index contributed by atoms with van der Waals surface area (Å²) in [5, 5.41) is 8.01. The average Bonchev–Trinajstić information content (AvgIpc) is 3.00. The highest BCUT2D eigenvalue weighted by atomic mass is 16.5. The smallest absolute Gasteiger partial charge is 0.232 e.